The summed E-state index contributed by atoms with van der Waals surface area (Å²) < 4.78 is 193. The Balaban J connectivity index is 1.28. The van der Waals surface area contributed by atoms with E-state index in [9.17, 15) is 68.7 Å². The van der Waals surface area contributed by atoms with E-state index in [2.05, 4.69) is 50.7 Å². The number of anilines is 2. The van der Waals surface area contributed by atoms with Gasteiger partial charge in [0.1, 0.15) is 15.5 Å². The van der Waals surface area contributed by atoms with Gasteiger partial charge < -0.3 is 5.32 Å². The third-order valence-electron chi connectivity index (χ3n) is 9.82. The van der Waals surface area contributed by atoms with Crippen LogP contribution in [0.1, 0.15) is 5.56 Å². The molecule has 0 unspecified atom stereocenters. The van der Waals surface area contributed by atoms with Crippen molar-refractivity contribution in [2.45, 2.75) is 31.4 Å². The summed E-state index contributed by atoms with van der Waals surface area (Å²) in [6, 6.07) is 22.8. The molecule has 73 heavy (non-hydrogen) atoms. The predicted molar refractivity (Wildman–Crippen MR) is 257 cm³/mol. The minimum Gasteiger partial charge on any atom is -0.326 e. The minimum absolute atomic E-state index is 0.0757. The third kappa shape index (κ3) is 13.6. The van der Waals surface area contributed by atoms with Crippen LogP contribution in [-0.2, 0) is 60.4 Å². The molecule has 0 fully saturated rings. The first kappa shape index (κ1) is 53.5. The van der Waals surface area contributed by atoms with Crippen molar-refractivity contribution in [2.75, 3.05) is 16.8 Å². The number of aromatic nitrogens is 3. The number of aromatic amines is 2. The number of aryl methyl sites for hydroxylation is 1. The van der Waals surface area contributed by atoms with Crippen LogP contribution in [0, 0.1) is 6.92 Å². The highest BCUT2D eigenvalue weighted by Gasteiger charge is 2.22. The molecule has 0 amide bonds. The van der Waals surface area contributed by atoms with Crippen molar-refractivity contribution in [1.82, 2.24) is 15.0 Å². The lowest BCUT2D eigenvalue weighted by Crippen LogP contribution is -2.28. The Morgan fingerprint density at radius 2 is 1.08 bits per heavy atom. The molecule has 0 saturated heterocycles. The average Bonchev–Trinajstić information content (AvgIpc) is 3.28. The van der Waals surface area contributed by atoms with Crippen molar-refractivity contribution >= 4 is 117 Å². The Hall–Kier alpha value is -7.31. The van der Waals surface area contributed by atoms with Crippen LogP contribution in [0.2, 0.25) is 0 Å². The summed E-state index contributed by atoms with van der Waals surface area (Å²) >= 11 is 0. The molecule has 0 spiro atoms. The van der Waals surface area contributed by atoms with Crippen LogP contribution in [0.15, 0.2) is 170 Å². The molecular formula is C40H34N10O17S6. The number of nitrogens with zero attached hydrogens (tertiary/aromatic N) is 7. The maximum atomic E-state index is 12.9. The first-order valence-electron chi connectivity index (χ1n) is 19.9. The van der Waals surface area contributed by atoms with Crippen LogP contribution in [0.5, 0.6) is 0 Å². The summed E-state index contributed by atoms with van der Waals surface area (Å²) in [5.74, 6) is -2.30. The zero-order valence-electron chi connectivity index (χ0n) is 36.6. The number of nitrogens with one attached hydrogen (secondary N) is 3. The summed E-state index contributed by atoms with van der Waals surface area (Å²) in [5, 5.41) is 20.0. The van der Waals surface area contributed by atoms with E-state index in [1.165, 1.54) is 60.7 Å². The van der Waals surface area contributed by atoms with E-state index in [0.717, 1.165) is 30.3 Å². The molecule has 7 rings (SSSR count). The van der Waals surface area contributed by atoms with Crippen molar-refractivity contribution in [3.63, 3.8) is 0 Å². The van der Waals surface area contributed by atoms with E-state index in [1.54, 1.807) is 13.0 Å². The van der Waals surface area contributed by atoms with Crippen molar-refractivity contribution in [3.05, 3.63) is 132 Å². The Kier molecular flexibility index (Phi) is 14.9. The van der Waals surface area contributed by atoms with Crippen molar-refractivity contribution in [2.24, 2.45) is 30.4 Å². The van der Waals surface area contributed by atoms with Crippen molar-refractivity contribution < 1.29 is 73.3 Å². The molecule has 0 bridgehead atoms. The molecule has 6 aromatic carbocycles. The number of benzene rings is 6. The second-order valence-electron chi connectivity index (χ2n) is 15.0. The largest absolute Gasteiger partial charge is 0.326 e. The van der Waals surface area contributed by atoms with Crippen molar-refractivity contribution in [1.29, 1.82) is 0 Å². The maximum absolute atomic E-state index is 12.9. The molecule has 0 atom stereocenters. The van der Waals surface area contributed by atoms with E-state index in [4.69, 9.17) is 4.55 Å². The van der Waals surface area contributed by atoms with E-state index >= 15 is 0 Å². The van der Waals surface area contributed by atoms with Gasteiger partial charge in [-0.1, -0.05) is 24.3 Å². The van der Waals surface area contributed by atoms with E-state index in [1.807, 2.05) is 0 Å². The van der Waals surface area contributed by atoms with Crippen molar-refractivity contribution in [3.8, 4) is 0 Å². The van der Waals surface area contributed by atoms with Gasteiger partial charge in [0.2, 0.25) is 17.2 Å². The van der Waals surface area contributed by atoms with E-state index < -0.39 is 108 Å². The Bertz CT molecular complexity index is 4320. The van der Waals surface area contributed by atoms with E-state index in [0.29, 0.717) is 23.8 Å². The number of hydrogen-bond donors (Lipinski definition) is 8. The number of sulfone groups is 1. The fraction of sp³-hybridized carbons (Fsp3) is 0.0750. The standard InChI is InChI=1S/C40H34N10O17S6/c1-23-19-25(9-13-31(23)47-49-33-15-14-32(29-12-10-27(21-30(29)33)70(56,57)58)48-50-34-7-2-3-8-36(34)72(62,63)64)42-39-44-38(41-24-5-4-6-26(20-24)68(51,52)17-18-69(53,54)55)45-40(46-39)43-35-22-28(71(59,60)61)11-16-37(35)73(65,66)67/h2-16,19-22H,17-18H2,1H3,(H,53,54,55)(H,56,57,58)(H,59,60,61)(H,62,63,64)(H,65,66,67)(H3,41,42,43,44,45,46). The highest BCUT2D eigenvalue weighted by Crippen LogP contribution is 2.38. The number of fused-ring (bicyclic) bond motifs is 1. The zero-order chi connectivity index (χ0) is 53.3. The highest BCUT2D eigenvalue weighted by atomic mass is 32.2. The Morgan fingerprint density at radius 1 is 0.493 bits per heavy atom. The van der Waals surface area contributed by atoms with Crippen LogP contribution in [0.3, 0.4) is 0 Å². The fourth-order valence-electron chi connectivity index (χ4n) is 6.45. The van der Waals surface area contributed by atoms with Gasteiger partial charge in [-0.3, -0.25) is 32.7 Å². The van der Waals surface area contributed by atoms with Crippen LogP contribution >= 0.6 is 0 Å². The molecule has 27 nitrogen and oxygen atoms in total. The quantitative estimate of drug-likeness (QED) is 0.0413. The van der Waals surface area contributed by atoms with E-state index in [-0.39, 0.29) is 56.5 Å². The van der Waals surface area contributed by atoms with Crippen LogP contribution < -0.4 is 16.6 Å². The molecule has 0 saturated carbocycles. The molecule has 1 aromatic heterocycles. The SMILES string of the molecule is Cc1cc(Nc2nc(=Nc3cccc(S(=O)(=O)CCS(=O)(=O)O)c3)[nH]c(=Nc3cc(S(=O)(=O)O)ccc3S(=O)(=O)O)[nH]2)ccc1N=Nc1ccc(N=Nc2ccccc2S(=O)(=O)O)c2ccc(S(=O)(=O)O)cc12. The molecule has 0 aliphatic carbocycles. The number of H-pyrrole nitrogens is 2. The third-order valence-corrected chi connectivity index (χ3v) is 16.0. The second-order valence-corrected chi connectivity index (χ2v) is 24.3. The monoisotopic (exact) mass is 1120 g/mol. The molecular weight excluding hydrogens is 1080 g/mol. The topological polar surface area (TPSA) is 437 Å². The maximum Gasteiger partial charge on any atom is 0.296 e. The zero-order valence-corrected chi connectivity index (χ0v) is 41.5. The predicted octanol–water partition coefficient (Wildman–Crippen LogP) is 5.89. The number of hydrogen-bond acceptors (Lipinski definition) is 20. The lowest BCUT2D eigenvalue weighted by Gasteiger charge is -2.09. The first-order chi connectivity index (χ1) is 33.9. The summed E-state index contributed by atoms with van der Waals surface area (Å²) in [4.78, 5) is 14.9. The molecule has 33 heteroatoms. The summed E-state index contributed by atoms with van der Waals surface area (Å²) in [6.45, 7) is 1.62. The van der Waals surface area contributed by atoms with Crippen LogP contribution in [-0.4, -0.2) is 99.7 Å². The lowest BCUT2D eigenvalue weighted by molar-refractivity contribution is 0.478. The van der Waals surface area contributed by atoms with Gasteiger partial charge in [0, 0.05) is 16.5 Å². The van der Waals surface area contributed by atoms with Gasteiger partial charge in [-0.2, -0.15) is 52.2 Å². The number of azo groups is 2. The second kappa shape index (κ2) is 20.3. The highest BCUT2D eigenvalue weighted by molar-refractivity contribution is 7.93. The van der Waals surface area contributed by atoms with Gasteiger partial charge in [-0.15, -0.1) is 15.3 Å². The molecule has 382 valence electrons. The molecule has 0 aliphatic heterocycles. The molecule has 8 N–H and O–H groups in total. The summed E-state index contributed by atoms with van der Waals surface area (Å²) in [6.07, 6.45) is 0. The normalized spacial score (nSPS) is 13.6. The fourth-order valence-corrected chi connectivity index (χ4v) is 11.2. The van der Waals surface area contributed by atoms with Crippen LogP contribution in [0.4, 0.5) is 45.8 Å². The number of rotatable bonds is 16. The van der Waals surface area contributed by atoms with Gasteiger partial charge in [-0.05, 0) is 103 Å². The molecule has 1 heterocycles. The smallest absolute Gasteiger partial charge is 0.296 e. The molecule has 7 aromatic rings. The lowest BCUT2D eigenvalue weighted by atomic mass is 10.1. The van der Waals surface area contributed by atoms with Crippen LogP contribution in [0.25, 0.3) is 10.8 Å². The summed E-state index contributed by atoms with van der Waals surface area (Å²) in [7, 11) is -28.4. The van der Waals surface area contributed by atoms with Gasteiger partial charge in [0.25, 0.3) is 50.6 Å². The Labute approximate surface area is 413 Å². The first-order valence-corrected chi connectivity index (χ1v) is 28.9. The molecule has 0 aliphatic rings. The van der Waals surface area contributed by atoms with Gasteiger partial charge >= 0.3 is 0 Å². The van der Waals surface area contributed by atoms with Gasteiger partial charge in [0.15, 0.2) is 9.84 Å². The molecule has 0 radical (unpaired) electrons. The summed E-state index contributed by atoms with van der Waals surface area (Å²) in [5.41, 5.74) is -0.684. The Morgan fingerprint density at radius 3 is 1.73 bits per heavy atom. The van der Waals surface area contributed by atoms with Gasteiger partial charge in [0.05, 0.1) is 54.6 Å². The minimum atomic E-state index is -5.08. The van der Waals surface area contributed by atoms with Gasteiger partial charge in [-0.25, -0.2) is 18.4 Å². The average molecular weight is 1120 g/mol.